The highest BCUT2D eigenvalue weighted by Crippen LogP contribution is 2.17. The third kappa shape index (κ3) is 2.60. The summed E-state index contributed by atoms with van der Waals surface area (Å²) in [6.07, 6.45) is 0.210. The molecule has 0 fully saturated rings. The Labute approximate surface area is 86.8 Å². The number of hydrogen-bond donors (Lipinski definition) is 0. The summed E-state index contributed by atoms with van der Waals surface area (Å²) in [6, 6.07) is 1.89. The van der Waals surface area contributed by atoms with Crippen LogP contribution in [0.3, 0.4) is 0 Å². The van der Waals surface area contributed by atoms with Crippen LogP contribution in [-0.4, -0.2) is 15.1 Å². The van der Waals surface area contributed by atoms with Crippen LogP contribution in [0.4, 0.5) is 0 Å². The quantitative estimate of drug-likeness (QED) is 0.741. The molecule has 1 heterocycles. The predicted molar refractivity (Wildman–Crippen MR) is 52.8 cm³/mol. The van der Waals surface area contributed by atoms with E-state index >= 15 is 0 Å². The summed E-state index contributed by atoms with van der Waals surface area (Å²) < 4.78 is 3.93. The van der Waals surface area contributed by atoms with Gasteiger partial charge in [0, 0.05) is 5.41 Å². The molecule has 0 aliphatic rings. The van der Waals surface area contributed by atoms with Gasteiger partial charge in [0.05, 0.1) is 6.42 Å². The second-order valence-electron chi connectivity index (χ2n) is 3.98. The molecule has 0 aliphatic carbocycles. The lowest BCUT2D eigenvalue weighted by Crippen LogP contribution is -2.22. The van der Waals surface area contributed by atoms with E-state index in [0.29, 0.717) is 10.8 Å². The van der Waals surface area contributed by atoms with Crippen molar-refractivity contribution in [3.05, 3.63) is 10.8 Å². The van der Waals surface area contributed by atoms with Crippen molar-refractivity contribution in [3.8, 4) is 6.07 Å². The Morgan fingerprint density at radius 1 is 1.57 bits per heavy atom. The van der Waals surface area contributed by atoms with Crippen LogP contribution in [0.5, 0.6) is 0 Å². The molecule has 0 N–H and O–H groups in total. The van der Waals surface area contributed by atoms with E-state index in [0.717, 1.165) is 11.5 Å². The zero-order valence-electron chi connectivity index (χ0n) is 8.37. The molecule has 0 aliphatic heterocycles. The average Bonchev–Trinajstić information content (AvgIpc) is 2.50. The van der Waals surface area contributed by atoms with Crippen LogP contribution in [0.25, 0.3) is 0 Å². The molecule has 0 spiro atoms. The van der Waals surface area contributed by atoms with Gasteiger partial charge in [-0.1, -0.05) is 20.8 Å². The topological polar surface area (TPSA) is 66.6 Å². The Hall–Kier alpha value is -1.28. The summed E-state index contributed by atoms with van der Waals surface area (Å²) in [6.45, 7) is 5.56. The first-order valence-electron chi connectivity index (χ1n) is 4.19. The normalized spacial score (nSPS) is 11.0. The van der Waals surface area contributed by atoms with Gasteiger partial charge in [-0.3, -0.25) is 4.79 Å². The van der Waals surface area contributed by atoms with E-state index in [-0.39, 0.29) is 17.6 Å². The third-order valence-electron chi connectivity index (χ3n) is 1.72. The lowest BCUT2D eigenvalue weighted by atomic mass is 9.89. The largest absolute Gasteiger partial charge is 0.299 e. The number of ketones is 1. The minimum absolute atomic E-state index is 0.0831. The van der Waals surface area contributed by atoms with Gasteiger partial charge in [-0.2, -0.15) is 9.64 Å². The second-order valence-corrected chi connectivity index (χ2v) is 4.73. The Kier molecular flexibility index (Phi) is 2.96. The van der Waals surface area contributed by atoms with E-state index in [1.165, 1.54) is 0 Å². The van der Waals surface area contributed by atoms with Gasteiger partial charge in [0.25, 0.3) is 0 Å². The molecular formula is C9H11N3OS. The van der Waals surface area contributed by atoms with E-state index < -0.39 is 0 Å². The van der Waals surface area contributed by atoms with Gasteiger partial charge in [0.1, 0.15) is 11.9 Å². The van der Waals surface area contributed by atoms with Gasteiger partial charge in [-0.25, -0.2) is 4.98 Å². The summed E-state index contributed by atoms with van der Waals surface area (Å²) >= 11 is 1.03. The summed E-state index contributed by atoms with van der Waals surface area (Å²) in [4.78, 5) is 15.5. The number of rotatable bonds is 2. The van der Waals surface area contributed by atoms with Gasteiger partial charge in [-0.15, -0.1) is 0 Å². The van der Waals surface area contributed by atoms with E-state index in [4.69, 9.17) is 5.26 Å². The molecule has 0 atom stereocenters. The van der Waals surface area contributed by atoms with Crippen molar-refractivity contribution in [2.45, 2.75) is 27.2 Å². The molecule has 0 saturated carbocycles. The molecule has 5 heteroatoms. The first kappa shape index (κ1) is 10.8. The van der Waals surface area contributed by atoms with Crippen LogP contribution in [0.2, 0.25) is 0 Å². The molecular weight excluding hydrogens is 198 g/mol. The van der Waals surface area contributed by atoms with Crippen molar-refractivity contribution < 1.29 is 4.79 Å². The summed E-state index contributed by atoms with van der Waals surface area (Å²) in [5.74, 6) is 0.534. The van der Waals surface area contributed by atoms with Crippen molar-refractivity contribution in [1.82, 2.24) is 9.36 Å². The van der Waals surface area contributed by atoms with Gasteiger partial charge in [0.2, 0.25) is 5.01 Å². The van der Waals surface area contributed by atoms with E-state index in [1.807, 2.05) is 26.8 Å². The SMILES string of the molecule is CC(C)(C)C(=O)Cc1nsc(C#N)n1. The maximum absolute atomic E-state index is 11.6. The lowest BCUT2D eigenvalue weighted by Gasteiger charge is -2.14. The molecule has 1 rings (SSSR count). The molecule has 1 aromatic heterocycles. The van der Waals surface area contributed by atoms with Crippen LogP contribution < -0.4 is 0 Å². The van der Waals surface area contributed by atoms with Crippen LogP contribution in [0, 0.1) is 16.7 Å². The van der Waals surface area contributed by atoms with Gasteiger partial charge in [-0.05, 0) is 11.5 Å². The highest BCUT2D eigenvalue weighted by Gasteiger charge is 2.22. The van der Waals surface area contributed by atoms with Crippen molar-refractivity contribution in [2.75, 3.05) is 0 Å². The smallest absolute Gasteiger partial charge is 0.214 e. The molecule has 4 nitrogen and oxygen atoms in total. The van der Waals surface area contributed by atoms with Crippen molar-refractivity contribution in [1.29, 1.82) is 5.26 Å². The number of nitrogens with zero attached hydrogens (tertiary/aromatic N) is 3. The Balaban J connectivity index is 2.71. The number of hydrogen-bond acceptors (Lipinski definition) is 5. The first-order chi connectivity index (χ1) is 6.43. The Morgan fingerprint density at radius 3 is 2.64 bits per heavy atom. The molecule has 74 valence electrons. The molecule has 0 bridgehead atoms. The van der Waals surface area contributed by atoms with Crippen molar-refractivity contribution >= 4 is 17.3 Å². The first-order valence-corrected chi connectivity index (χ1v) is 4.97. The maximum atomic E-state index is 11.6. The standard InChI is InChI=1S/C9H11N3OS/c1-9(2,3)6(13)4-7-11-8(5-10)14-12-7/h4H2,1-3H3. The summed E-state index contributed by atoms with van der Waals surface area (Å²) in [5.41, 5.74) is -0.377. The molecule has 0 radical (unpaired) electrons. The Bertz CT molecular complexity index is 383. The third-order valence-corrected chi connectivity index (χ3v) is 2.38. The van der Waals surface area contributed by atoms with Gasteiger partial charge >= 0.3 is 0 Å². The maximum Gasteiger partial charge on any atom is 0.214 e. The highest BCUT2D eigenvalue weighted by molar-refractivity contribution is 7.06. The van der Waals surface area contributed by atoms with Crippen LogP contribution in [0.15, 0.2) is 0 Å². The van der Waals surface area contributed by atoms with Crippen molar-refractivity contribution in [2.24, 2.45) is 5.41 Å². The average molecular weight is 209 g/mol. The minimum Gasteiger partial charge on any atom is -0.299 e. The zero-order valence-corrected chi connectivity index (χ0v) is 9.18. The number of aromatic nitrogens is 2. The zero-order chi connectivity index (χ0) is 10.8. The van der Waals surface area contributed by atoms with Gasteiger partial charge in [0.15, 0.2) is 5.82 Å². The molecule has 1 aromatic rings. The van der Waals surface area contributed by atoms with Gasteiger partial charge < -0.3 is 0 Å². The minimum atomic E-state index is -0.377. The molecule has 0 unspecified atom stereocenters. The highest BCUT2D eigenvalue weighted by atomic mass is 32.1. The fourth-order valence-electron chi connectivity index (χ4n) is 0.780. The molecule has 14 heavy (non-hydrogen) atoms. The molecule has 0 amide bonds. The Morgan fingerprint density at radius 2 is 2.21 bits per heavy atom. The summed E-state index contributed by atoms with van der Waals surface area (Å²) in [5, 5.41) is 8.83. The number of carbonyl (C=O) groups is 1. The fraction of sp³-hybridized carbons (Fsp3) is 0.556. The van der Waals surface area contributed by atoms with Crippen LogP contribution in [0.1, 0.15) is 31.6 Å². The fourth-order valence-corrected chi connectivity index (χ4v) is 1.26. The molecule has 0 aromatic carbocycles. The molecule has 0 saturated heterocycles. The van der Waals surface area contributed by atoms with E-state index in [9.17, 15) is 4.79 Å². The van der Waals surface area contributed by atoms with E-state index in [1.54, 1.807) is 0 Å². The number of Topliss-reactive ketones (excluding diaryl/α,β-unsaturated/α-hetero) is 1. The van der Waals surface area contributed by atoms with Crippen molar-refractivity contribution in [3.63, 3.8) is 0 Å². The predicted octanol–water partition coefficient (Wildman–Crippen LogP) is 1.57. The van der Waals surface area contributed by atoms with E-state index in [2.05, 4.69) is 9.36 Å². The lowest BCUT2D eigenvalue weighted by molar-refractivity contribution is -0.125. The number of nitriles is 1. The second kappa shape index (κ2) is 3.84. The monoisotopic (exact) mass is 209 g/mol. The number of carbonyl (C=O) groups excluding carboxylic acids is 1. The summed E-state index contributed by atoms with van der Waals surface area (Å²) in [7, 11) is 0. The van der Waals surface area contributed by atoms with Crippen LogP contribution >= 0.6 is 11.5 Å². The van der Waals surface area contributed by atoms with Crippen LogP contribution in [-0.2, 0) is 11.2 Å².